The lowest BCUT2D eigenvalue weighted by molar-refractivity contribution is -0.121. The van der Waals surface area contributed by atoms with Crippen LogP contribution in [0.15, 0.2) is 36.8 Å². The molecule has 4 aromatic rings. The lowest BCUT2D eigenvalue weighted by atomic mass is 9.97. The van der Waals surface area contributed by atoms with Crippen LogP contribution in [-0.2, 0) is 11.3 Å². The highest BCUT2D eigenvalue weighted by atomic mass is 16.5. The molecule has 6 rings (SSSR count). The molecule has 1 N–H and O–H groups in total. The first-order chi connectivity index (χ1) is 22.4. The number of aromatic nitrogens is 4. The quantitative estimate of drug-likeness (QED) is 0.352. The van der Waals surface area contributed by atoms with Crippen molar-refractivity contribution in [3.8, 4) is 17.2 Å². The fourth-order valence-corrected chi connectivity index (χ4v) is 6.48. The maximum absolute atomic E-state index is 13.8. The van der Waals surface area contributed by atoms with Gasteiger partial charge in [-0.25, -0.2) is 15.0 Å². The van der Waals surface area contributed by atoms with E-state index >= 15 is 0 Å². The number of methoxy groups -OCH3 is 3. The van der Waals surface area contributed by atoms with E-state index in [1.54, 1.807) is 49.1 Å². The SMILES string of the molecule is CCN1CCN(C(=O)c2cn3cccnc3n2)CCC(=O)NCC2CCCN(C2)c2nc3cc(OC)c(OC)c(OC)c3cc2C1. The van der Waals surface area contributed by atoms with Gasteiger partial charge in [-0.2, -0.15) is 0 Å². The number of carbonyl (C=O) groups excluding carboxylic acids is 2. The van der Waals surface area contributed by atoms with Gasteiger partial charge in [-0.1, -0.05) is 6.92 Å². The molecule has 0 spiro atoms. The highest BCUT2D eigenvalue weighted by molar-refractivity contribution is 5.93. The Morgan fingerprint density at radius 3 is 2.65 bits per heavy atom. The van der Waals surface area contributed by atoms with Crippen LogP contribution in [0, 0.1) is 5.92 Å². The molecular formula is C33H42N8O5. The van der Waals surface area contributed by atoms with Gasteiger partial charge in [0, 0.05) is 87.8 Å². The van der Waals surface area contributed by atoms with Crippen molar-refractivity contribution < 1.29 is 23.8 Å². The molecule has 2 aliphatic rings. The van der Waals surface area contributed by atoms with Gasteiger partial charge in [-0.05, 0) is 37.4 Å². The van der Waals surface area contributed by atoms with Crippen LogP contribution in [-0.4, -0.2) is 108 Å². The molecule has 2 amide bonds. The third kappa shape index (κ3) is 6.37. The summed E-state index contributed by atoms with van der Waals surface area (Å²) >= 11 is 0. The van der Waals surface area contributed by atoms with E-state index in [0.29, 0.717) is 61.4 Å². The topological polar surface area (TPSA) is 127 Å². The van der Waals surface area contributed by atoms with E-state index in [0.717, 1.165) is 54.8 Å². The molecule has 1 atom stereocenters. The van der Waals surface area contributed by atoms with Crippen molar-refractivity contribution in [2.75, 3.05) is 72.0 Å². The molecule has 1 saturated heterocycles. The van der Waals surface area contributed by atoms with Crippen LogP contribution in [0.3, 0.4) is 0 Å². The second kappa shape index (κ2) is 13.8. The summed E-state index contributed by atoms with van der Waals surface area (Å²) in [6, 6.07) is 5.83. The molecule has 1 fully saturated rings. The molecule has 2 bridgehead atoms. The summed E-state index contributed by atoms with van der Waals surface area (Å²) in [4.78, 5) is 47.1. The van der Waals surface area contributed by atoms with E-state index in [-0.39, 0.29) is 24.2 Å². The number of rotatable bonds is 5. The maximum atomic E-state index is 13.8. The van der Waals surface area contributed by atoms with E-state index in [9.17, 15) is 9.59 Å². The van der Waals surface area contributed by atoms with Crippen LogP contribution in [0.1, 0.15) is 42.2 Å². The first-order valence-corrected chi connectivity index (χ1v) is 15.9. The Morgan fingerprint density at radius 2 is 1.89 bits per heavy atom. The summed E-state index contributed by atoms with van der Waals surface area (Å²) in [7, 11) is 4.83. The van der Waals surface area contributed by atoms with E-state index in [4.69, 9.17) is 19.2 Å². The zero-order valence-corrected chi connectivity index (χ0v) is 27.0. The summed E-state index contributed by atoms with van der Waals surface area (Å²) in [5, 5.41) is 3.97. The Balaban J connectivity index is 1.38. The summed E-state index contributed by atoms with van der Waals surface area (Å²) in [5.74, 6) is 3.01. The van der Waals surface area contributed by atoms with Crippen LogP contribution in [0.25, 0.3) is 16.7 Å². The van der Waals surface area contributed by atoms with Crippen molar-refractivity contribution in [2.24, 2.45) is 5.92 Å². The number of hydrogen-bond donors (Lipinski definition) is 1. The van der Waals surface area contributed by atoms with Gasteiger partial charge in [0.2, 0.25) is 17.4 Å². The molecule has 46 heavy (non-hydrogen) atoms. The molecule has 0 saturated carbocycles. The monoisotopic (exact) mass is 630 g/mol. The number of piperidine rings is 1. The zero-order chi connectivity index (χ0) is 32.2. The number of fused-ring (bicyclic) bond motifs is 6. The average molecular weight is 631 g/mol. The smallest absolute Gasteiger partial charge is 0.274 e. The van der Waals surface area contributed by atoms with Crippen LogP contribution < -0.4 is 24.4 Å². The van der Waals surface area contributed by atoms with E-state index in [1.807, 2.05) is 12.3 Å². The lowest BCUT2D eigenvalue weighted by Crippen LogP contribution is -2.42. The number of likely N-dealkylation sites (N-methyl/N-ethyl adjacent to an activating group) is 1. The Kier molecular flexibility index (Phi) is 9.38. The molecule has 3 aromatic heterocycles. The number of hydrogen-bond acceptors (Lipinski definition) is 10. The van der Waals surface area contributed by atoms with Crippen LogP contribution in [0.5, 0.6) is 17.2 Å². The molecule has 244 valence electrons. The standard InChI is InChI=1S/C33H42N8O5/c1-5-38-14-15-39(32(43)26-21-41-12-7-10-34-33(41)37-26)13-9-28(42)35-18-22-8-6-11-40(19-22)31-23(20-38)16-24-25(36-31)17-27(44-2)30(46-4)29(24)45-3/h7,10,12,16-17,21-22H,5-6,8-9,11,13-15,18-20H2,1-4H3,(H,35,42). The molecule has 13 heteroatoms. The minimum absolute atomic E-state index is 0.0635. The van der Waals surface area contributed by atoms with E-state index in [1.165, 1.54) is 0 Å². The molecule has 2 aliphatic heterocycles. The second-order valence-electron chi connectivity index (χ2n) is 11.8. The highest BCUT2D eigenvalue weighted by Crippen LogP contribution is 2.44. The third-order valence-electron chi connectivity index (χ3n) is 8.96. The van der Waals surface area contributed by atoms with Crippen molar-refractivity contribution in [2.45, 2.75) is 32.7 Å². The summed E-state index contributed by atoms with van der Waals surface area (Å²) in [6.07, 6.45) is 7.39. The van der Waals surface area contributed by atoms with E-state index < -0.39 is 0 Å². The van der Waals surface area contributed by atoms with Gasteiger partial charge in [0.1, 0.15) is 11.5 Å². The Morgan fingerprint density at radius 1 is 1.04 bits per heavy atom. The number of imidazole rings is 1. The molecule has 1 unspecified atom stereocenters. The first kappa shape index (κ1) is 31.3. The minimum Gasteiger partial charge on any atom is -0.493 e. The predicted octanol–water partition coefficient (Wildman–Crippen LogP) is 3.00. The molecule has 0 aliphatic carbocycles. The van der Waals surface area contributed by atoms with Crippen molar-refractivity contribution in [1.29, 1.82) is 0 Å². The van der Waals surface area contributed by atoms with E-state index in [2.05, 4.69) is 38.1 Å². The van der Waals surface area contributed by atoms with Gasteiger partial charge >= 0.3 is 0 Å². The summed E-state index contributed by atoms with van der Waals surface area (Å²) < 4.78 is 18.9. The van der Waals surface area contributed by atoms with Crippen molar-refractivity contribution >= 4 is 34.3 Å². The molecule has 13 nitrogen and oxygen atoms in total. The van der Waals surface area contributed by atoms with Crippen LogP contribution in [0.2, 0.25) is 0 Å². The largest absolute Gasteiger partial charge is 0.493 e. The maximum Gasteiger partial charge on any atom is 0.274 e. The molecule has 0 radical (unpaired) electrons. The highest BCUT2D eigenvalue weighted by Gasteiger charge is 2.28. The molecule has 1 aromatic carbocycles. The van der Waals surface area contributed by atoms with Crippen molar-refractivity contribution in [1.82, 2.24) is 34.5 Å². The first-order valence-electron chi connectivity index (χ1n) is 15.9. The van der Waals surface area contributed by atoms with Crippen molar-refractivity contribution in [3.63, 3.8) is 0 Å². The van der Waals surface area contributed by atoms with Gasteiger partial charge in [0.05, 0.1) is 26.8 Å². The van der Waals surface area contributed by atoms with Crippen LogP contribution in [0.4, 0.5) is 5.82 Å². The fourth-order valence-electron chi connectivity index (χ4n) is 6.48. The zero-order valence-electron chi connectivity index (χ0n) is 27.0. The number of pyridine rings is 1. The Hall–Kier alpha value is -4.65. The van der Waals surface area contributed by atoms with Gasteiger partial charge in [-0.15, -0.1) is 0 Å². The number of nitrogens with one attached hydrogen (secondary N) is 1. The number of ether oxygens (including phenoxy) is 3. The summed E-state index contributed by atoms with van der Waals surface area (Å²) in [5.41, 5.74) is 2.12. The number of nitrogens with zero attached hydrogens (tertiary/aromatic N) is 7. The van der Waals surface area contributed by atoms with Crippen molar-refractivity contribution in [3.05, 3.63) is 48.0 Å². The Labute approximate surface area is 268 Å². The second-order valence-corrected chi connectivity index (χ2v) is 11.8. The van der Waals surface area contributed by atoms with Gasteiger partial charge in [-0.3, -0.25) is 18.9 Å². The number of benzene rings is 1. The number of amides is 2. The minimum atomic E-state index is -0.223. The molecular weight excluding hydrogens is 588 g/mol. The number of carbonyl (C=O) groups is 2. The molecule has 5 heterocycles. The Bertz CT molecular complexity index is 1690. The predicted molar refractivity (Wildman–Crippen MR) is 174 cm³/mol. The number of anilines is 1. The summed E-state index contributed by atoms with van der Waals surface area (Å²) in [6.45, 7) is 7.04. The normalized spacial score (nSPS) is 18.4. The third-order valence-corrected chi connectivity index (χ3v) is 8.96. The fraction of sp³-hybridized carbons (Fsp3) is 0.485. The lowest BCUT2D eigenvalue weighted by Gasteiger charge is -2.35. The van der Waals surface area contributed by atoms with Gasteiger partial charge < -0.3 is 29.3 Å². The van der Waals surface area contributed by atoms with Crippen LogP contribution >= 0.6 is 0 Å². The van der Waals surface area contributed by atoms with Gasteiger partial charge in [0.15, 0.2) is 11.5 Å². The van der Waals surface area contributed by atoms with Gasteiger partial charge in [0.25, 0.3) is 5.91 Å². The average Bonchev–Trinajstić information content (AvgIpc) is 3.53.